The molecule has 1 aromatic rings. The number of hydrogen-bond donors (Lipinski definition) is 1. The van der Waals surface area contributed by atoms with Crippen LogP contribution in [0.4, 0.5) is 10.5 Å². The van der Waals surface area contributed by atoms with Crippen molar-refractivity contribution >= 4 is 39.2 Å². The van der Waals surface area contributed by atoms with Gasteiger partial charge in [-0.15, -0.1) is 0 Å². The van der Waals surface area contributed by atoms with E-state index in [1.165, 1.54) is 0 Å². The number of carbonyl (C=O) groups is 1. The van der Waals surface area contributed by atoms with Crippen LogP contribution in [0.2, 0.25) is 5.02 Å². The summed E-state index contributed by atoms with van der Waals surface area (Å²) >= 11 is 9.60. The first kappa shape index (κ1) is 15.4. The lowest BCUT2D eigenvalue weighted by Gasteiger charge is -2.34. The predicted molar refractivity (Wildman–Crippen MR) is 86.5 cm³/mol. The van der Waals surface area contributed by atoms with Gasteiger partial charge < -0.3 is 15.1 Å². The number of benzene rings is 1. The SMILES string of the molecule is CN(C)C(=O)N1CCC(Nc2ccc(Br)cc2Cl)CC1. The Balaban J connectivity index is 1.90. The van der Waals surface area contributed by atoms with Crippen molar-refractivity contribution in [3.8, 4) is 0 Å². The highest BCUT2D eigenvalue weighted by Crippen LogP contribution is 2.27. The van der Waals surface area contributed by atoms with Gasteiger partial charge in [0.2, 0.25) is 0 Å². The lowest BCUT2D eigenvalue weighted by atomic mass is 10.0. The van der Waals surface area contributed by atoms with Gasteiger partial charge in [-0.05, 0) is 31.0 Å². The monoisotopic (exact) mass is 359 g/mol. The largest absolute Gasteiger partial charge is 0.381 e. The van der Waals surface area contributed by atoms with Crippen LogP contribution < -0.4 is 5.32 Å². The number of piperidine rings is 1. The third-order valence-corrected chi connectivity index (χ3v) is 4.24. The van der Waals surface area contributed by atoms with Crippen LogP contribution in [0.1, 0.15) is 12.8 Å². The maximum atomic E-state index is 11.9. The van der Waals surface area contributed by atoms with E-state index in [1.807, 2.05) is 23.1 Å². The molecule has 1 fully saturated rings. The molecular formula is C14H19BrClN3O. The van der Waals surface area contributed by atoms with Gasteiger partial charge in [0.25, 0.3) is 0 Å². The topological polar surface area (TPSA) is 35.6 Å². The van der Waals surface area contributed by atoms with Crippen molar-refractivity contribution in [2.24, 2.45) is 0 Å². The van der Waals surface area contributed by atoms with Gasteiger partial charge in [0.1, 0.15) is 0 Å². The van der Waals surface area contributed by atoms with Crippen molar-refractivity contribution in [2.45, 2.75) is 18.9 Å². The highest BCUT2D eigenvalue weighted by atomic mass is 79.9. The maximum absolute atomic E-state index is 11.9. The lowest BCUT2D eigenvalue weighted by molar-refractivity contribution is 0.158. The second kappa shape index (κ2) is 6.68. The van der Waals surface area contributed by atoms with Gasteiger partial charge in [-0.1, -0.05) is 27.5 Å². The van der Waals surface area contributed by atoms with Crippen LogP contribution in [-0.4, -0.2) is 49.1 Å². The number of nitrogens with zero attached hydrogens (tertiary/aromatic N) is 2. The van der Waals surface area contributed by atoms with E-state index in [-0.39, 0.29) is 6.03 Å². The Labute approximate surface area is 133 Å². The highest BCUT2D eigenvalue weighted by molar-refractivity contribution is 9.10. The standard InChI is InChI=1S/C14H19BrClN3O/c1-18(2)14(20)19-7-5-11(6-8-19)17-13-4-3-10(15)9-12(13)16/h3-4,9,11,17H,5-8H2,1-2H3. The molecule has 2 amide bonds. The van der Waals surface area contributed by atoms with Gasteiger partial charge in [-0.25, -0.2) is 4.79 Å². The number of amides is 2. The van der Waals surface area contributed by atoms with E-state index in [0.29, 0.717) is 11.1 Å². The van der Waals surface area contributed by atoms with Crippen LogP contribution in [-0.2, 0) is 0 Å². The number of carbonyl (C=O) groups excluding carboxylic acids is 1. The third kappa shape index (κ3) is 3.79. The summed E-state index contributed by atoms with van der Waals surface area (Å²) in [6, 6.07) is 6.28. The number of nitrogens with one attached hydrogen (secondary N) is 1. The summed E-state index contributed by atoms with van der Waals surface area (Å²) in [6.07, 6.45) is 1.87. The molecule has 1 aliphatic rings. The van der Waals surface area contributed by atoms with Gasteiger partial charge in [-0.3, -0.25) is 0 Å². The van der Waals surface area contributed by atoms with Crippen LogP contribution in [0.25, 0.3) is 0 Å². The van der Waals surface area contributed by atoms with E-state index in [0.717, 1.165) is 36.1 Å². The fraction of sp³-hybridized carbons (Fsp3) is 0.500. The Morgan fingerprint density at radius 1 is 1.40 bits per heavy atom. The Morgan fingerprint density at radius 2 is 2.05 bits per heavy atom. The molecule has 0 radical (unpaired) electrons. The van der Waals surface area contributed by atoms with E-state index < -0.39 is 0 Å². The lowest BCUT2D eigenvalue weighted by Crippen LogP contribution is -2.46. The first-order valence-electron chi connectivity index (χ1n) is 6.65. The molecule has 6 heteroatoms. The molecule has 0 aliphatic carbocycles. The maximum Gasteiger partial charge on any atom is 0.319 e. The quantitative estimate of drug-likeness (QED) is 0.873. The van der Waals surface area contributed by atoms with Gasteiger partial charge in [0.05, 0.1) is 10.7 Å². The molecule has 0 bridgehead atoms. The molecule has 0 aromatic heterocycles. The zero-order valence-electron chi connectivity index (χ0n) is 11.7. The van der Waals surface area contributed by atoms with Crippen LogP contribution in [0.15, 0.2) is 22.7 Å². The van der Waals surface area contributed by atoms with Gasteiger partial charge in [0, 0.05) is 37.7 Å². The number of rotatable bonds is 2. The number of likely N-dealkylation sites (tertiary alicyclic amines) is 1. The second-order valence-corrected chi connectivity index (χ2v) is 6.53. The molecule has 20 heavy (non-hydrogen) atoms. The van der Waals surface area contributed by atoms with Crippen molar-refractivity contribution in [3.05, 3.63) is 27.7 Å². The van der Waals surface area contributed by atoms with Crippen LogP contribution in [0.3, 0.4) is 0 Å². The summed E-state index contributed by atoms with van der Waals surface area (Å²) in [7, 11) is 3.57. The zero-order chi connectivity index (χ0) is 14.7. The Bertz CT molecular complexity index is 487. The van der Waals surface area contributed by atoms with Gasteiger partial charge in [-0.2, -0.15) is 0 Å². The van der Waals surface area contributed by atoms with Crippen molar-refractivity contribution in [1.29, 1.82) is 0 Å². The average Bonchev–Trinajstić information content (AvgIpc) is 2.42. The molecule has 0 saturated carbocycles. The summed E-state index contributed by atoms with van der Waals surface area (Å²) in [5.74, 6) is 0. The Hall–Kier alpha value is -0.940. The summed E-state index contributed by atoms with van der Waals surface area (Å²) in [6.45, 7) is 1.56. The van der Waals surface area contributed by atoms with Crippen LogP contribution in [0.5, 0.6) is 0 Å². The van der Waals surface area contributed by atoms with Gasteiger partial charge in [0.15, 0.2) is 0 Å². The van der Waals surface area contributed by atoms with Crippen LogP contribution in [0, 0.1) is 0 Å². The smallest absolute Gasteiger partial charge is 0.319 e. The molecule has 110 valence electrons. The molecule has 2 rings (SSSR count). The van der Waals surface area contributed by atoms with E-state index in [4.69, 9.17) is 11.6 Å². The van der Waals surface area contributed by atoms with E-state index in [2.05, 4.69) is 21.2 Å². The van der Waals surface area contributed by atoms with E-state index in [9.17, 15) is 4.79 Å². The average molecular weight is 361 g/mol. The minimum absolute atomic E-state index is 0.0881. The molecule has 0 spiro atoms. The van der Waals surface area contributed by atoms with E-state index >= 15 is 0 Å². The number of halogens is 2. The Morgan fingerprint density at radius 3 is 2.60 bits per heavy atom. The summed E-state index contributed by atoms with van der Waals surface area (Å²) in [5.41, 5.74) is 0.951. The predicted octanol–water partition coefficient (Wildman–Crippen LogP) is 3.66. The number of hydrogen-bond acceptors (Lipinski definition) is 2. The minimum atomic E-state index is 0.0881. The molecule has 1 saturated heterocycles. The zero-order valence-corrected chi connectivity index (χ0v) is 14.0. The summed E-state index contributed by atoms with van der Waals surface area (Å²) in [4.78, 5) is 15.4. The molecule has 1 N–H and O–H groups in total. The van der Waals surface area contributed by atoms with Gasteiger partial charge >= 0.3 is 6.03 Å². The second-order valence-electron chi connectivity index (χ2n) is 5.21. The van der Waals surface area contributed by atoms with Crippen molar-refractivity contribution < 1.29 is 4.79 Å². The molecular weight excluding hydrogens is 342 g/mol. The number of anilines is 1. The summed E-state index contributed by atoms with van der Waals surface area (Å²) in [5, 5.41) is 4.17. The molecule has 4 nitrogen and oxygen atoms in total. The van der Waals surface area contributed by atoms with Crippen molar-refractivity contribution in [1.82, 2.24) is 9.80 Å². The Kier molecular flexibility index (Phi) is 5.16. The fourth-order valence-corrected chi connectivity index (χ4v) is 3.05. The molecule has 0 unspecified atom stereocenters. The van der Waals surface area contributed by atoms with Crippen molar-refractivity contribution in [3.63, 3.8) is 0 Å². The van der Waals surface area contributed by atoms with Crippen molar-refractivity contribution in [2.75, 3.05) is 32.5 Å². The minimum Gasteiger partial charge on any atom is -0.381 e. The molecule has 1 aromatic carbocycles. The number of urea groups is 1. The molecule has 1 heterocycles. The first-order chi connectivity index (χ1) is 9.47. The first-order valence-corrected chi connectivity index (χ1v) is 7.82. The highest BCUT2D eigenvalue weighted by Gasteiger charge is 2.23. The summed E-state index contributed by atoms with van der Waals surface area (Å²) < 4.78 is 0.972. The fourth-order valence-electron chi connectivity index (χ4n) is 2.32. The molecule has 1 aliphatic heterocycles. The third-order valence-electron chi connectivity index (χ3n) is 3.44. The van der Waals surface area contributed by atoms with Crippen LogP contribution >= 0.6 is 27.5 Å². The molecule has 0 atom stereocenters. The van der Waals surface area contributed by atoms with E-state index in [1.54, 1.807) is 19.0 Å². The normalized spacial score (nSPS) is 16.1.